The number of anilines is 1. The molecule has 1 aliphatic rings. The van der Waals surface area contributed by atoms with Crippen LogP contribution in [0.4, 0.5) is 5.82 Å². The van der Waals surface area contributed by atoms with Gasteiger partial charge in [0, 0.05) is 18.9 Å². The number of rotatable bonds is 7. The molecule has 9 heteroatoms. The maximum absolute atomic E-state index is 12.0. The largest absolute Gasteiger partial charge is 0.387 e. The Bertz CT molecular complexity index is 578. The summed E-state index contributed by atoms with van der Waals surface area (Å²) in [6.07, 6.45) is -2.14. The zero-order valence-electron chi connectivity index (χ0n) is 13.2. The highest BCUT2D eigenvalue weighted by Gasteiger charge is 2.44. The van der Waals surface area contributed by atoms with Crippen molar-refractivity contribution < 1.29 is 24.4 Å². The first-order valence-corrected chi connectivity index (χ1v) is 7.45. The van der Waals surface area contributed by atoms with Crippen LogP contribution in [-0.2, 0) is 20.6 Å². The summed E-state index contributed by atoms with van der Waals surface area (Å²) in [6.45, 7) is 2.70. The van der Waals surface area contributed by atoms with Crippen LogP contribution in [0.1, 0.15) is 18.7 Å². The third-order valence-corrected chi connectivity index (χ3v) is 3.77. The molecular weight excluding hydrogens is 306 g/mol. The number of aryl methyl sites for hydroxylation is 1. The van der Waals surface area contributed by atoms with Crippen molar-refractivity contribution in [3.63, 3.8) is 0 Å². The topological polar surface area (TPSA) is 129 Å². The Hall–Kier alpha value is -1.52. The van der Waals surface area contributed by atoms with Crippen molar-refractivity contribution in [2.75, 3.05) is 32.7 Å². The van der Waals surface area contributed by atoms with Crippen LogP contribution in [0, 0.1) is 0 Å². The first-order valence-electron chi connectivity index (χ1n) is 7.45. The standard InChI is InChI=1S/C14H23N3O6/c1-3-8-6-17(14(20)16-12(8)15)13-11(19)10(18)9(23-13)7-22-5-4-21-2/h6,9-11,13,18-19H,3-5,7H2,1-2H3,(H2,15,16,20)/t9-,10-,11-,13-/m1/s1. The molecule has 0 aromatic carbocycles. The van der Waals surface area contributed by atoms with Crippen LogP contribution in [0.2, 0.25) is 0 Å². The molecule has 2 rings (SSSR count). The molecule has 1 aromatic heterocycles. The van der Waals surface area contributed by atoms with Crippen LogP contribution in [0.15, 0.2) is 11.0 Å². The fraction of sp³-hybridized carbons (Fsp3) is 0.714. The average Bonchev–Trinajstić information content (AvgIpc) is 2.80. The molecule has 1 fully saturated rings. The molecule has 0 aliphatic carbocycles. The van der Waals surface area contributed by atoms with Crippen molar-refractivity contribution in [2.45, 2.75) is 37.9 Å². The summed E-state index contributed by atoms with van der Waals surface area (Å²) in [6, 6.07) is 0. The lowest BCUT2D eigenvalue weighted by Crippen LogP contribution is -2.36. The quantitative estimate of drug-likeness (QED) is 0.525. The number of aliphatic hydroxyl groups excluding tert-OH is 2. The predicted molar refractivity (Wildman–Crippen MR) is 80.9 cm³/mol. The highest BCUT2D eigenvalue weighted by molar-refractivity contribution is 5.36. The molecule has 1 aliphatic heterocycles. The third-order valence-electron chi connectivity index (χ3n) is 3.77. The number of aromatic nitrogens is 2. The van der Waals surface area contributed by atoms with E-state index in [2.05, 4.69) is 4.98 Å². The first kappa shape index (κ1) is 17.8. The van der Waals surface area contributed by atoms with E-state index in [1.807, 2.05) is 6.92 Å². The molecule has 1 saturated heterocycles. The van der Waals surface area contributed by atoms with E-state index in [9.17, 15) is 15.0 Å². The Balaban J connectivity index is 2.13. The molecule has 0 radical (unpaired) electrons. The van der Waals surface area contributed by atoms with Crippen molar-refractivity contribution in [3.05, 3.63) is 22.2 Å². The zero-order valence-corrected chi connectivity index (χ0v) is 13.2. The molecule has 0 unspecified atom stereocenters. The van der Waals surface area contributed by atoms with E-state index >= 15 is 0 Å². The number of hydrogen-bond acceptors (Lipinski definition) is 8. The van der Waals surface area contributed by atoms with Gasteiger partial charge in [0.05, 0.1) is 19.8 Å². The van der Waals surface area contributed by atoms with Crippen LogP contribution in [0.3, 0.4) is 0 Å². The van der Waals surface area contributed by atoms with Gasteiger partial charge in [-0.2, -0.15) is 4.98 Å². The fourth-order valence-corrected chi connectivity index (χ4v) is 2.41. The summed E-state index contributed by atoms with van der Waals surface area (Å²) in [5, 5.41) is 20.2. The molecule has 2 heterocycles. The number of ether oxygens (including phenoxy) is 3. The average molecular weight is 329 g/mol. The Kier molecular flexibility index (Phi) is 6.08. The van der Waals surface area contributed by atoms with Gasteiger partial charge in [-0.25, -0.2) is 4.79 Å². The van der Waals surface area contributed by atoms with Crippen molar-refractivity contribution in [1.82, 2.24) is 9.55 Å². The van der Waals surface area contributed by atoms with Gasteiger partial charge in [-0.05, 0) is 6.42 Å². The van der Waals surface area contributed by atoms with Crippen LogP contribution in [0.25, 0.3) is 0 Å². The minimum atomic E-state index is -1.26. The van der Waals surface area contributed by atoms with E-state index in [4.69, 9.17) is 19.9 Å². The summed E-state index contributed by atoms with van der Waals surface area (Å²) in [5.41, 5.74) is 5.69. The molecule has 4 N–H and O–H groups in total. The summed E-state index contributed by atoms with van der Waals surface area (Å²) >= 11 is 0. The van der Waals surface area contributed by atoms with E-state index < -0.39 is 30.2 Å². The van der Waals surface area contributed by atoms with Crippen LogP contribution < -0.4 is 11.4 Å². The minimum Gasteiger partial charge on any atom is -0.387 e. The second-order valence-electron chi connectivity index (χ2n) is 5.31. The summed E-state index contributed by atoms with van der Waals surface area (Å²) in [7, 11) is 1.55. The fourth-order valence-electron chi connectivity index (χ4n) is 2.41. The van der Waals surface area contributed by atoms with Gasteiger partial charge in [-0.1, -0.05) is 6.92 Å². The van der Waals surface area contributed by atoms with Gasteiger partial charge in [0.1, 0.15) is 24.1 Å². The molecule has 1 aromatic rings. The maximum Gasteiger partial charge on any atom is 0.351 e. The third kappa shape index (κ3) is 3.88. The molecule has 9 nitrogen and oxygen atoms in total. The lowest BCUT2D eigenvalue weighted by atomic mass is 10.1. The summed E-state index contributed by atoms with van der Waals surface area (Å²) in [5.74, 6) is 0.154. The Labute approximate surface area is 133 Å². The molecule has 4 atom stereocenters. The molecule has 0 saturated carbocycles. The predicted octanol–water partition coefficient (Wildman–Crippen LogP) is -1.33. The molecule has 23 heavy (non-hydrogen) atoms. The Morgan fingerprint density at radius 3 is 2.78 bits per heavy atom. The lowest BCUT2D eigenvalue weighted by Gasteiger charge is -2.18. The van der Waals surface area contributed by atoms with Gasteiger partial charge in [-0.15, -0.1) is 0 Å². The summed E-state index contributed by atoms with van der Waals surface area (Å²) < 4.78 is 16.9. The minimum absolute atomic E-state index is 0.0792. The van der Waals surface area contributed by atoms with Crippen molar-refractivity contribution >= 4 is 5.82 Å². The van der Waals surface area contributed by atoms with Gasteiger partial charge in [0.25, 0.3) is 0 Å². The SMILES string of the molecule is CCc1cn([C@@H]2O[C@H](COCCOC)[C@@H](O)[C@H]2O)c(=O)nc1N. The van der Waals surface area contributed by atoms with Gasteiger partial charge in [-0.3, -0.25) is 4.57 Å². The van der Waals surface area contributed by atoms with Crippen LogP contribution in [-0.4, -0.2) is 65.0 Å². The second-order valence-corrected chi connectivity index (χ2v) is 5.31. The van der Waals surface area contributed by atoms with E-state index in [0.29, 0.717) is 25.2 Å². The molecule has 130 valence electrons. The normalized spacial score (nSPS) is 27.5. The van der Waals surface area contributed by atoms with Crippen molar-refractivity contribution in [2.24, 2.45) is 0 Å². The molecular formula is C14H23N3O6. The van der Waals surface area contributed by atoms with Crippen LogP contribution >= 0.6 is 0 Å². The highest BCUT2D eigenvalue weighted by atomic mass is 16.6. The van der Waals surface area contributed by atoms with Gasteiger partial charge >= 0.3 is 5.69 Å². The number of nitrogen functional groups attached to an aromatic ring is 1. The zero-order chi connectivity index (χ0) is 17.0. The first-order chi connectivity index (χ1) is 11.0. The van der Waals surface area contributed by atoms with Crippen LogP contribution in [0.5, 0.6) is 0 Å². The van der Waals surface area contributed by atoms with Gasteiger partial charge < -0.3 is 30.2 Å². The highest BCUT2D eigenvalue weighted by Crippen LogP contribution is 2.29. The van der Waals surface area contributed by atoms with Gasteiger partial charge in [0.15, 0.2) is 6.23 Å². The summed E-state index contributed by atoms with van der Waals surface area (Å²) in [4.78, 5) is 15.7. The van der Waals surface area contributed by atoms with E-state index in [1.165, 1.54) is 6.20 Å². The van der Waals surface area contributed by atoms with E-state index in [1.54, 1.807) is 7.11 Å². The van der Waals surface area contributed by atoms with E-state index in [0.717, 1.165) is 4.57 Å². The lowest BCUT2D eigenvalue weighted by molar-refractivity contribution is -0.0724. The molecule has 0 bridgehead atoms. The number of nitrogens with two attached hydrogens (primary N) is 1. The second kappa shape index (κ2) is 7.84. The maximum atomic E-state index is 12.0. The monoisotopic (exact) mass is 329 g/mol. The number of nitrogens with zero attached hydrogens (tertiary/aromatic N) is 2. The van der Waals surface area contributed by atoms with Crippen molar-refractivity contribution in [1.29, 1.82) is 0 Å². The number of methoxy groups -OCH3 is 1. The number of aliphatic hydroxyl groups is 2. The van der Waals surface area contributed by atoms with Crippen molar-refractivity contribution in [3.8, 4) is 0 Å². The number of hydrogen-bond donors (Lipinski definition) is 3. The smallest absolute Gasteiger partial charge is 0.351 e. The Morgan fingerprint density at radius 1 is 1.39 bits per heavy atom. The van der Waals surface area contributed by atoms with Gasteiger partial charge in [0.2, 0.25) is 0 Å². The molecule has 0 amide bonds. The van der Waals surface area contributed by atoms with E-state index in [-0.39, 0.29) is 12.4 Å². The molecule has 0 spiro atoms. The Morgan fingerprint density at radius 2 is 2.13 bits per heavy atom.